The summed E-state index contributed by atoms with van der Waals surface area (Å²) in [6, 6.07) is 11.2. The highest BCUT2D eigenvalue weighted by atomic mass is 19.1. The highest BCUT2D eigenvalue weighted by molar-refractivity contribution is 5.96. The van der Waals surface area contributed by atoms with Gasteiger partial charge in [0.1, 0.15) is 12.4 Å². The molecule has 26 heavy (non-hydrogen) atoms. The molecule has 2 rings (SSSR count). The Hall–Kier alpha value is -3.22. The number of aryl methyl sites for hydroxylation is 2. The van der Waals surface area contributed by atoms with Gasteiger partial charge in [0.05, 0.1) is 5.69 Å². The van der Waals surface area contributed by atoms with Gasteiger partial charge >= 0.3 is 5.97 Å². The molecule has 0 atom stereocenters. The average molecular weight is 358 g/mol. The molecule has 2 N–H and O–H groups in total. The molecule has 0 aliphatic rings. The number of amides is 2. The van der Waals surface area contributed by atoms with Gasteiger partial charge < -0.3 is 15.4 Å². The lowest BCUT2D eigenvalue weighted by Crippen LogP contribution is -2.32. The Morgan fingerprint density at radius 1 is 1.04 bits per heavy atom. The fourth-order valence-corrected chi connectivity index (χ4v) is 2.15. The quantitative estimate of drug-likeness (QED) is 0.777. The number of hydrogen-bond donors (Lipinski definition) is 2. The number of ether oxygens (including phenoxy) is 1. The second-order valence-corrected chi connectivity index (χ2v) is 5.74. The van der Waals surface area contributed by atoms with Crippen molar-refractivity contribution < 1.29 is 23.5 Å². The number of halogens is 1. The van der Waals surface area contributed by atoms with Gasteiger partial charge in [-0.1, -0.05) is 23.8 Å². The zero-order valence-electron chi connectivity index (χ0n) is 14.5. The van der Waals surface area contributed by atoms with Gasteiger partial charge in [-0.3, -0.25) is 14.4 Å². The van der Waals surface area contributed by atoms with E-state index in [9.17, 15) is 18.8 Å². The molecule has 0 unspecified atom stereocenters. The first-order valence-corrected chi connectivity index (χ1v) is 7.91. The van der Waals surface area contributed by atoms with Crippen LogP contribution in [-0.4, -0.2) is 30.9 Å². The monoisotopic (exact) mass is 358 g/mol. The lowest BCUT2D eigenvalue weighted by molar-refractivity contribution is -0.146. The predicted octanol–water partition coefficient (Wildman–Crippen LogP) is 2.35. The van der Waals surface area contributed by atoms with Gasteiger partial charge in [0.25, 0.3) is 11.8 Å². The van der Waals surface area contributed by atoms with Gasteiger partial charge in [-0.25, -0.2) is 4.39 Å². The Bertz CT molecular complexity index is 836. The summed E-state index contributed by atoms with van der Waals surface area (Å²) in [5.74, 6) is -2.44. The molecule has 0 saturated carbocycles. The van der Waals surface area contributed by atoms with Crippen LogP contribution in [0.2, 0.25) is 0 Å². The molecular weight excluding hydrogens is 339 g/mol. The van der Waals surface area contributed by atoms with Crippen molar-refractivity contribution in [1.82, 2.24) is 5.32 Å². The van der Waals surface area contributed by atoms with Crippen LogP contribution in [0.1, 0.15) is 21.5 Å². The minimum absolute atomic E-state index is 0.00407. The fraction of sp³-hybridized carbons (Fsp3) is 0.211. The van der Waals surface area contributed by atoms with Crippen LogP contribution >= 0.6 is 0 Å². The standard InChI is InChI=1S/C19H19FN2O4/c1-12-4-3-5-14(8-12)19(25)21-10-18(24)26-11-17(23)22-16-7-6-13(2)9-15(16)20/h3-9H,10-11H2,1-2H3,(H,21,25)(H,22,23). The molecule has 0 radical (unpaired) electrons. The van der Waals surface area contributed by atoms with Crippen LogP contribution in [0.15, 0.2) is 42.5 Å². The Labute approximate surface area is 150 Å². The number of benzene rings is 2. The third-order valence-corrected chi connectivity index (χ3v) is 3.44. The molecule has 0 aromatic heterocycles. The fourth-order valence-electron chi connectivity index (χ4n) is 2.15. The lowest BCUT2D eigenvalue weighted by Gasteiger charge is -2.09. The van der Waals surface area contributed by atoms with Crippen molar-refractivity contribution in [2.24, 2.45) is 0 Å². The number of nitrogens with one attached hydrogen (secondary N) is 2. The summed E-state index contributed by atoms with van der Waals surface area (Å²) in [7, 11) is 0. The number of rotatable bonds is 6. The van der Waals surface area contributed by atoms with Gasteiger partial charge in [0.15, 0.2) is 6.61 Å². The van der Waals surface area contributed by atoms with E-state index in [1.807, 2.05) is 13.0 Å². The summed E-state index contributed by atoms with van der Waals surface area (Å²) in [6.45, 7) is 2.62. The average Bonchev–Trinajstić information content (AvgIpc) is 2.60. The van der Waals surface area contributed by atoms with E-state index in [1.54, 1.807) is 31.2 Å². The smallest absolute Gasteiger partial charge is 0.325 e. The molecule has 0 aliphatic heterocycles. The van der Waals surface area contributed by atoms with Gasteiger partial charge in [-0.2, -0.15) is 0 Å². The van der Waals surface area contributed by atoms with Crippen molar-refractivity contribution >= 4 is 23.5 Å². The summed E-state index contributed by atoms with van der Waals surface area (Å²) >= 11 is 0. The number of carbonyl (C=O) groups is 3. The minimum atomic E-state index is -0.773. The minimum Gasteiger partial charge on any atom is -0.454 e. The molecule has 2 amide bonds. The molecule has 0 heterocycles. The second kappa shape index (κ2) is 8.75. The van der Waals surface area contributed by atoms with Crippen molar-refractivity contribution in [3.63, 3.8) is 0 Å². The predicted molar refractivity (Wildman–Crippen MR) is 94.2 cm³/mol. The maximum Gasteiger partial charge on any atom is 0.325 e. The van der Waals surface area contributed by atoms with Crippen molar-refractivity contribution in [1.29, 1.82) is 0 Å². The Balaban J connectivity index is 1.76. The summed E-state index contributed by atoms with van der Waals surface area (Å²) < 4.78 is 18.4. The van der Waals surface area contributed by atoms with E-state index in [4.69, 9.17) is 4.74 Å². The van der Waals surface area contributed by atoms with Crippen LogP contribution in [0.25, 0.3) is 0 Å². The van der Waals surface area contributed by atoms with E-state index < -0.39 is 30.2 Å². The van der Waals surface area contributed by atoms with Gasteiger partial charge in [0, 0.05) is 5.56 Å². The van der Waals surface area contributed by atoms with E-state index in [0.29, 0.717) is 5.56 Å². The summed E-state index contributed by atoms with van der Waals surface area (Å²) in [5.41, 5.74) is 2.06. The normalized spacial score (nSPS) is 10.1. The molecule has 0 fully saturated rings. The molecule has 2 aromatic carbocycles. The number of hydrogen-bond acceptors (Lipinski definition) is 4. The first-order chi connectivity index (χ1) is 12.3. The third-order valence-electron chi connectivity index (χ3n) is 3.44. The summed E-state index contributed by atoms with van der Waals surface area (Å²) in [4.78, 5) is 35.2. The zero-order chi connectivity index (χ0) is 19.1. The molecule has 6 nitrogen and oxygen atoms in total. The SMILES string of the molecule is Cc1cccc(C(=O)NCC(=O)OCC(=O)Nc2ccc(C)cc2F)c1. The van der Waals surface area contributed by atoms with Crippen LogP contribution in [0.5, 0.6) is 0 Å². The van der Waals surface area contributed by atoms with E-state index >= 15 is 0 Å². The van der Waals surface area contributed by atoms with E-state index in [2.05, 4.69) is 10.6 Å². The largest absolute Gasteiger partial charge is 0.454 e. The van der Waals surface area contributed by atoms with Crippen LogP contribution < -0.4 is 10.6 Å². The number of esters is 1. The molecule has 7 heteroatoms. The van der Waals surface area contributed by atoms with Gasteiger partial charge in [-0.05, 0) is 43.7 Å². The molecule has 0 saturated heterocycles. The summed E-state index contributed by atoms with van der Waals surface area (Å²) in [6.07, 6.45) is 0. The second-order valence-electron chi connectivity index (χ2n) is 5.74. The lowest BCUT2D eigenvalue weighted by atomic mass is 10.1. The maximum absolute atomic E-state index is 13.6. The van der Waals surface area contributed by atoms with E-state index in [-0.39, 0.29) is 12.2 Å². The van der Waals surface area contributed by atoms with Crippen LogP contribution in [0.4, 0.5) is 10.1 Å². The molecule has 2 aromatic rings. The topological polar surface area (TPSA) is 84.5 Å². The molecule has 136 valence electrons. The van der Waals surface area contributed by atoms with Crippen molar-refractivity contribution in [3.05, 3.63) is 65.0 Å². The highest BCUT2D eigenvalue weighted by Gasteiger charge is 2.12. The van der Waals surface area contributed by atoms with Crippen molar-refractivity contribution in [2.75, 3.05) is 18.5 Å². The zero-order valence-corrected chi connectivity index (χ0v) is 14.5. The van der Waals surface area contributed by atoms with Crippen LogP contribution in [-0.2, 0) is 14.3 Å². The Kier molecular flexibility index (Phi) is 6.43. The maximum atomic E-state index is 13.6. The number of anilines is 1. The van der Waals surface area contributed by atoms with Crippen molar-refractivity contribution in [3.8, 4) is 0 Å². The van der Waals surface area contributed by atoms with E-state index in [1.165, 1.54) is 12.1 Å². The van der Waals surface area contributed by atoms with Gasteiger partial charge in [-0.15, -0.1) is 0 Å². The molecular formula is C19H19FN2O4. The van der Waals surface area contributed by atoms with Crippen LogP contribution in [0.3, 0.4) is 0 Å². The third kappa shape index (κ3) is 5.70. The van der Waals surface area contributed by atoms with E-state index in [0.717, 1.165) is 11.1 Å². The molecule has 0 bridgehead atoms. The van der Waals surface area contributed by atoms with Crippen LogP contribution in [0, 0.1) is 19.7 Å². The number of carbonyl (C=O) groups excluding carboxylic acids is 3. The molecule has 0 aliphatic carbocycles. The van der Waals surface area contributed by atoms with Crippen molar-refractivity contribution in [2.45, 2.75) is 13.8 Å². The Morgan fingerprint density at radius 3 is 2.46 bits per heavy atom. The summed E-state index contributed by atoms with van der Waals surface area (Å²) in [5, 5.41) is 4.72. The molecule has 0 spiro atoms. The Morgan fingerprint density at radius 2 is 1.77 bits per heavy atom. The highest BCUT2D eigenvalue weighted by Crippen LogP contribution is 2.14. The first-order valence-electron chi connectivity index (χ1n) is 7.91. The van der Waals surface area contributed by atoms with Gasteiger partial charge in [0.2, 0.25) is 0 Å². The first kappa shape index (κ1) is 19.1.